The number of esters is 1. The normalized spacial score (nSPS) is 22.1. The molecule has 0 aromatic heterocycles. The molecule has 134 valence electrons. The van der Waals surface area contributed by atoms with E-state index in [9.17, 15) is 9.90 Å². The van der Waals surface area contributed by atoms with Crippen molar-refractivity contribution in [1.29, 1.82) is 0 Å². The number of ether oxygens (including phenoxy) is 1. The molecule has 1 rings (SSSR count). The van der Waals surface area contributed by atoms with Crippen LogP contribution in [-0.4, -0.2) is 23.3 Å². The molecule has 1 N–H and O–H groups in total. The van der Waals surface area contributed by atoms with E-state index in [1.165, 1.54) is 51.4 Å². The summed E-state index contributed by atoms with van der Waals surface area (Å²) in [5.41, 5.74) is 0. The van der Waals surface area contributed by atoms with Gasteiger partial charge in [-0.1, -0.05) is 76.9 Å². The van der Waals surface area contributed by atoms with E-state index in [2.05, 4.69) is 6.92 Å². The summed E-state index contributed by atoms with van der Waals surface area (Å²) < 4.78 is 5.18. The molecule has 1 saturated heterocycles. The first-order valence-electron chi connectivity index (χ1n) is 9.68. The van der Waals surface area contributed by atoms with E-state index in [-0.39, 0.29) is 24.1 Å². The van der Waals surface area contributed by atoms with Crippen molar-refractivity contribution in [3.8, 4) is 0 Å². The summed E-state index contributed by atoms with van der Waals surface area (Å²) in [5, 5.41) is 10.1. The van der Waals surface area contributed by atoms with Crippen LogP contribution in [0.5, 0.6) is 0 Å². The summed E-state index contributed by atoms with van der Waals surface area (Å²) in [5.74, 6) is -0.146. The molecule has 0 unspecified atom stereocenters. The molecule has 0 spiro atoms. The van der Waals surface area contributed by atoms with Crippen molar-refractivity contribution in [2.75, 3.05) is 0 Å². The molecule has 3 nitrogen and oxygen atoms in total. The molecule has 3 heteroatoms. The Morgan fingerprint density at radius 3 is 2.26 bits per heavy atom. The minimum atomic E-state index is -0.328. The number of carbonyl (C=O) groups excluding carboxylic acids is 1. The molecule has 1 aliphatic rings. The van der Waals surface area contributed by atoms with Gasteiger partial charge in [-0.25, -0.2) is 0 Å². The minimum absolute atomic E-state index is 0.0380. The third-order valence-corrected chi connectivity index (χ3v) is 4.79. The summed E-state index contributed by atoms with van der Waals surface area (Å²) in [6, 6.07) is 0. The summed E-state index contributed by atoms with van der Waals surface area (Å²) in [6.07, 6.45) is 17.4. The highest BCUT2D eigenvalue weighted by Crippen LogP contribution is 2.30. The summed E-state index contributed by atoms with van der Waals surface area (Å²) >= 11 is 0. The summed E-state index contributed by atoms with van der Waals surface area (Å²) in [7, 11) is 0. The van der Waals surface area contributed by atoms with Crippen molar-refractivity contribution >= 4 is 5.97 Å². The third kappa shape index (κ3) is 8.55. The largest absolute Gasteiger partial charge is 0.461 e. The quantitative estimate of drug-likeness (QED) is 0.272. The Bertz CT molecular complexity index is 338. The third-order valence-electron chi connectivity index (χ3n) is 4.79. The molecule has 1 aliphatic heterocycles. The van der Waals surface area contributed by atoms with E-state index < -0.39 is 0 Å². The molecule has 0 aliphatic carbocycles. The molecule has 3 atom stereocenters. The average Bonchev–Trinajstić information content (AvgIpc) is 2.53. The molecule has 0 bridgehead atoms. The molecule has 1 fully saturated rings. The molecule has 0 aromatic carbocycles. The number of hydrogen-bond donors (Lipinski definition) is 1. The monoisotopic (exact) mass is 324 g/mol. The van der Waals surface area contributed by atoms with Gasteiger partial charge in [-0.15, -0.1) is 0 Å². The second kappa shape index (κ2) is 12.6. The Labute approximate surface area is 142 Å². The predicted octanol–water partition coefficient (Wildman–Crippen LogP) is 5.17. The average molecular weight is 325 g/mol. The molecule has 0 aromatic rings. The van der Waals surface area contributed by atoms with E-state index in [0.717, 1.165) is 19.3 Å². The van der Waals surface area contributed by atoms with Gasteiger partial charge in [0.25, 0.3) is 0 Å². The molecule has 1 heterocycles. The Morgan fingerprint density at radius 1 is 1.09 bits per heavy atom. The van der Waals surface area contributed by atoms with E-state index >= 15 is 0 Å². The number of hydrogen-bond acceptors (Lipinski definition) is 3. The van der Waals surface area contributed by atoms with Crippen LogP contribution in [0.4, 0.5) is 0 Å². The van der Waals surface area contributed by atoms with Crippen molar-refractivity contribution < 1.29 is 14.6 Å². The van der Waals surface area contributed by atoms with Crippen LogP contribution >= 0.6 is 0 Å². The fraction of sp³-hybridized carbons (Fsp3) is 0.850. The number of unbranched alkanes of at least 4 members (excludes halogenated alkanes) is 8. The zero-order valence-corrected chi connectivity index (χ0v) is 15.1. The maximum atomic E-state index is 11.4. The van der Waals surface area contributed by atoms with Crippen LogP contribution in [0.2, 0.25) is 0 Å². The van der Waals surface area contributed by atoms with Gasteiger partial charge in [0, 0.05) is 6.42 Å². The topological polar surface area (TPSA) is 46.5 Å². The molecule has 0 amide bonds. The number of aliphatic hydroxyl groups excluding tert-OH is 1. The number of rotatable bonds is 14. The van der Waals surface area contributed by atoms with Gasteiger partial charge in [0.1, 0.15) is 6.10 Å². The van der Waals surface area contributed by atoms with Gasteiger partial charge in [0.05, 0.1) is 12.0 Å². The van der Waals surface area contributed by atoms with E-state index in [0.29, 0.717) is 6.42 Å². The molecule has 0 radical (unpaired) electrons. The van der Waals surface area contributed by atoms with Crippen molar-refractivity contribution in [2.24, 2.45) is 5.92 Å². The van der Waals surface area contributed by atoms with Gasteiger partial charge in [0.2, 0.25) is 0 Å². The van der Waals surface area contributed by atoms with Gasteiger partial charge in [-0.3, -0.25) is 4.79 Å². The lowest BCUT2D eigenvalue weighted by atomic mass is 9.88. The number of aliphatic hydroxyl groups is 1. The fourth-order valence-corrected chi connectivity index (χ4v) is 3.22. The van der Waals surface area contributed by atoms with Crippen LogP contribution in [0.1, 0.15) is 90.9 Å². The first-order chi connectivity index (χ1) is 11.2. The lowest BCUT2D eigenvalue weighted by Crippen LogP contribution is -2.46. The SMILES string of the molecule is C/C=C/C[C@@H]1C(=O)O[C@H]1C[C@@H](O)CCCCCCCCCCC. The Hall–Kier alpha value is -0.830. The van der Waals surface area contributed by atoms with E-state index in [1.807, 2.05) is 19.1 Å². The Balaban J connectivity index is 1.98. The summed E-state index contributed by atoms with van der Waals surface area (Å²) in [4.78, 5) is 11.4. The smallest absolute Gasteiger partial charge is 0.313 e. The first-order valence-corrected chi connectivity index (χ1v) is 9.68. The van der Waals surface area contributed by atoms with E-state index in [4.69, 9.17) is 4.74 Å². The number of cyclic esters (lactones) is 1. The lowest BCUT2D eigenvalue weighted by molar-refractivity contribution is -0.187. The molecule has 0 saturated carbocycles. The van der Waals surface area contributed by atoms with Gasteiger partial charge < -0.3 is 9.84 Å². The van der Waals surface area contributed by atoms with Crippen LogP contribution in [0.3, 0.4) is 0 Å². The highest BCUT2D eigenvalue weighted by molar-refractivity contribution is 5.78. The minimum Gasteiger partial charge on any atom is -0.461 e. The van der Waals surface area contributed by atoms with Crippen LogP contribution in [0.25, 0.3) is 0 Å². The number of allylic oxidation sites excluding steroid dienone is 2. The first kappa shape index (κ1) is 20.2. The van der Waals surface area contributed by atoms with Gasteiger partial charge in [0.15, 0.2) is 0 Å². The maximum Gasteiger partial charge on any atom is 0.313 e. The Kier molecular flexibility index (Phi) is 11.1. The van der Waals surface area contributed by atoms with Crippen LogP contribution in [0.15, 0.2) is 12.2 Å². The highest BCUT2D eigenvalue weighted by atomic mass is 16.6. The second-order valence-corrected chi connectivity index (χ2v) is 6.89. The van der Waals surface area contributed by atoms with Crippen molar-refractivity contribution in [1.82, 2.24) is 0 Å². The fourth-order valence-electron chi connectivity index (χ4n) is 3.22. The van der Waals surface area contributed by atoms with Crippen LogP contribution in [0, 0.1) is 5.92 Å². The predicted molar refractivity (Wildman–Crippen MR) is 95.3 cm³/mol. The van der Waals surface area contributed by atoms with Gasteiger partial charge >= 0.3 is 5.97 Å². The zero-order valence-electron chi connectivity index (χ0n) is 15.1. The van der Waals surface area contributed by atoms with Gasteiger partial charge in [-0.2, -0.15) is 0 Å². The lowest BCUT2D eigenvalue weighted by Gasteiger charge is -2.35. The van der Waals surface area contributed by atoms with Crippen molar-refractivity contribution in [3.63, 3.8) is 0 Å². The van der Waals surface area contributed by atoms with Crippen molar-refractivity contribution in [2.45, 2.75) is 103 Å². The second-order valence-electron chi connectivity index (χ2n) is 6.89. The van der Waals surface area contributed by atoms with E-state index in [1.54, 1.807) is 0 Å². The molecular weight excluding hydrogens is 288 g/mol. The summed E-state index contributed by atoms with van der Waals surface area (Å²) in [6.45, 7) is 4.20. The highest BCUT2D eigenvalue weighted by Gasteiger charge is 2.41. The Morgan fingerprint density at radius 2 is 1.70 bits per heavy atom. The zero-order chi connectivity index (χ0) is 16.9. The molecule has 23 heavy (non-hydrogen) atoms. The van der Waals surface area contributed by atoms with Crippen molar-refractivity contribution in [3.05, 3.63) is 12.2 Å². The molecular formula is C20H36O3. The van der Waals surface area contributed by atoms with Crippen LogP contribution in [-0.2, 0) is 9.53 Å². The standard InChI is InChI=1S/C20H36O3/c1-3-5-7-8-9-10-11-12-13-14-17(21)16-19-18(15-6-4-2)20(22)23-19/h4,6,17-19,21H,3,5,7-16H2,1-2H3/b6-4+/t17-,18-,19-/m0/s1. The number of carbonyl (C=O) groups is 1. The van der Waals surface area contributed by atoms with Crippen LogP contribution < -0.4 is 0 Å². The van der Waals surface area contributed by atoms with Gasteiger partial charge in [-0.05, 0) is 19.8 Å². The maximum absolute atomic E-state index is 11.4.